The van der Waals surface area contributed by atoms with Gasteiger partial charge in [0.25, 0.3) is 0 Å². The number of nitrogen functional groups attached to an aromatic ring is 1. The van der Waals surface area contributed by atoms with Gasteiger partial charge in [0.15, 0.2) is 0 Å². The first-order valence-corrected chi connectivity index (χ1v) is 6.37. The van der Waals surface area contributed by atoms with Gasteiger partial charge in [-0.1, -0.05) is 6.07 Å². The standard InChI is InChI=1S/C14H21NO5/c1-17-9-10-19-7-4-8-20-12-6-3-5-11(15)13(12)14(16)18-2/h3,5-6H,4,7-10,15H2,1-2H3. The van der Waals surface area contributed by atoms with Crippen LogP contribution in [0.3, 0.4) is 0 Å². The molecule has 1 rings (SSSR count). The van der Waals surface area contributed by atoms with Crippen LogP contribution < -0.4 is 10.5 Å². The molecule has 6 heteroatoms. The molecule has 0 saturated carbocycles. The van der Waals surface area contributed by atoms with Crippen molar-refractivity contribution in [3.63, 3.8) is 0 Å². The Kier molecular flexibility index (Phi) is 7.46. The number of nitrogens with two attached hydrogens (primary N) is 1. The molecule has 1 aromatic rings. The molecule has 0 amide bonds. The summed E-state index contributed by atoms with van der Waals surface area (Å²) < 4.78 is 20.4. The molecule has 20 heavy (non-hydrogen) atoms. The van der Waals surface area contributed by atoms with Gasteiger partial charge in [-0.15, -0.1) is 0 Å². The largest absolute Gasteiger partial charge is 0.493 e. The van der Waals surface area contributed by atoms with E-state index in [0.717, 1.165) is 0 Å². The molecule has 2 N–H and O–H groups in total. The highest BCUT2D eigenvalue weighted by atomic mass is 16.5. The third kappa shape index (κ3) is 5.07. The van der Waals surface area contributed by atoms with E-state index in [2.05, 4.69) is 0 Å². The number of carbonyl (C=O) groups is 1. The van der Waals surface area contributed by atoms with Crippen molar-refractivity contribution in [3.8, 4) is 5.75 Å². The van der Waals surface area contributed by atoms with Crippen molar-refractivity contribution in [2.45, 2.75) is 6.42 Å². The lowest BCUT2D eigenvalue weighted by atomic mass is 10.1. The number of hydrogen-bond acceptors (Lipinski definition) is 6. The van der Waals surface area contributed by atoms with Crippen LogP contribution in [-0.2, 0) is 14.2 Å². The average molecular weight is 283 g/mol. The van der Waals surface area contributed by atoms with E-state index >= 15 is 0 Å². The lowest BCUT2D eigenvalue weighted by Gasteiger charge is -2.12. The minimum atomic E-state index is -0.505. The molecule has 0 aliphatic heterocycles. The summed E-state index contributed by atoms with van der Waals surface area (Å²) in [5.41, 5.74) is 6.36. The van der Waals surface area contributed by atoms with Gasteiger partial charge in [-0.05, 0) is 12.1 Å². The number of hydrogen-bond donors (Lipinski definition) is 1. The highest BCUT2D eigenvalue weighted by Gasteiger charge is 2.16. The molecular weight excluding hydrogens is 262 g/mol. The molecular formula is C14H21NO5. The van der Waals surface area contributed by atoms with Crippen molar-refractivity contribution >= 4 is 11.7 Å². The van der Waals surface area contributed by atoms with E-state index in [0.29, 0.717) is 44.3 Å². The zero-order valence-electron chi connectivity index (χ0n) is 11.9. The van der Waals surface area contributed by atoms with E-state index < -0.39 is 5.97 Å². The topological polar surface area (TPSA) is 80.0 Å². The summed E-state index contributed by atoms with van der Waals surface area (Å²) in [6, 6.07) is 5.05. The fourth-order valence-corrected chi connectivity index (χ4v) is 1.58. The summed E-state index contributed by atoms with van der Waals surface area (Å²) in [6.07, 6.45) is 0.707. The van der Waals surface area contributed by atoms with Crippen LogP contribution in [0.25, 0.3) is 0 Å². The SMILES string of the molecule is COCCOCCCOc1cccc(N)c1C(=O)OC. The van der Waals surface area contributed by atoms with Gasteiger partial charge in [0.05, 0.1) is 26.9 Å². The molecule has 0 spiro atoms. The minimum Gasteiger partial charge on any atom is -0.493 e. The molecule has 1 aromatic carbocycles. The summed E-state index contributed by atoms with van der Waals surface area (Å²) >= 11 is 0. The maximum atomic E-state index is 11.6. The molecule has 0 heterocycles. The Balaban J connectivity index is 2.44. The lowest BCUT2D eigenvalue weighted by molar-refractivity contribution is 0.0590. The Morgan fingerprint density at radius 1 is 1.15 bits per heavy atom. The number of anilines is 1. The molecule has 0 bridgehead atoms. The Labute approximate surface area is 118 Å². The first kappa shape index (κ1) is 16.3. The molecule has 0 aliphatic carbocycles. The van der Waals surface area contributed by atoms with Crippen molar-refractivity contribution in [2.24, 2.45) is 0 Å². The van der Waals surface area contributed by atoms with Crippen LogP contribution in [-0.4, -0.2) is 46.6 Å². The minimum absolute atomic E-state index is 0.260. The van der Waals surface area contributed by atoms with Crippen LogP contribution in [0.2, 0.25) is 0 Å². The van der Waals surface area contributed by atoms with Crippen LogP contribution >= 0.6 is 0 Å². The van der Waals surface area contributed by atoms with Gasteiger partial charge in [-0.2, -0.15) is 0 Å². The summed E-state index contributed by atoms with van der Waals surface area (Å²) in [5.74, 6) is -0.0804. The van der Waals surface area contributed by atoms with E-state index in [9.17, 15) is 4.79 Å². The number of esters is 1. The van der Waals surface area contributed by atoms with Gasteiger partial charge >= 0.3 is 5.97 Å². The third-order valence-electron chi connectivity index (χ3n) is 2.57. The van der Waals surface area contributed by atoms with E-state index in [-0.39, 0.29) is 5.56 Å². The second-order valence-corrected chi connectivity index (χ2v) is 4.02. The maximum Gasteiger partial charge on any atom is 0.343 e. The second-order valence-electron chi connectivity index (χ2n) is 4.02. The predicted molar refractivity (Wildman–Crippen MR) is 75.0 cm³/mol. The third-order valence-corrected chi connectivity index (χ3v) is 2.57. The molecule has 0 aromatic heterocycles. The average Bonchev–Trinajstić information content (AvgIpc) is 2.45. The molecule has 0 unspecified atom stereocenters. The highest BCUT2D eigenvalue weighted by molar-refractivity contribution is 5.98. The van der Waals surface area contributed by atoms with E-state index in [1.807, 2.05) is 0 Å². The summed E-state index contributed by atoms with van der Waals surface area (Å²) in [7, 11) is 2.93. The fraction of sp³-hybridized carbons (Fsp3) is 0.500. The van der Waals surface area contributed by atoms with Crippen LogP contribution in [0.1, 0.15) is 16.8 Å². The zero-order valence-corrected chi connectivity index (χ0v) is 11.9. The van der Waals surface area contributed by atoms with Crippen molar-refractivity contribution in [1.82, 2.24) is 0 Å². The Morgan fingerprint density at radius 3 is 2.65 bits per heavy atom. The first-order chi connectivity index (χ1) is 9.70. The normalized spacial score (nSPS) is 10.3. The van der Waals surface area contributed by atoms with Gasteiger partial charge in [-0.3, -0.25) is 0 Å². The number of rotatable bonds is 9. The summed E-state index contributed by atoms with van der Waals surface area (Å²) in [5, 5.41) is 0. The molecule has 6 nitrogen and oxygen atoms in total. The molecule has 0 saturated heterocycles. The predicted octanol–water partition coefficient (Wildman–Crippen LogP) is 1.49. The van der Waals surface area contributed by atoms with Crippen molar-refractivity contribution in [1.29, 1.82) is 0 Å². The number of ether oxygens (including phenoxy) is 4. The van der Waals surface area contributed by atoms with E-state index in [4.69, 9.17) is 24.7 Å². The monoisotopic (exact) mass is 283 g/mol. The van der Waals surface area contributed by atoms with Crippen LogP contribution in [0.15, 0.2) is 18.2 Å². The second kappa shape index (κ2) is 9.17. The molecule has 112 valence electrons. The number of methoxy groups -OCH3 is 2. The highest BCUT2D eigenvalue weighted by Crippen LogP contribution is 2.25. The summed E-state index contributed by atoms with van der Waals surface area (Å²) in [4.78, 5) is 11.6. The zero-order chi connectivity index (χ0) is 14.8. The number of carbonyl (C=O) groups excluding carboxylic acids is 1. The molecule has 0 atom stereocenters. The van der Waals surface area contributed by atoms with Gasteiger partial charge in [-0.25, -0.2) is 4.79 Å². The Hall–Kier alpha value is -1.79. The van der Waals surface area contributed by atoms with Gasteiger partial charge < -0.3 is 24.7 Å². The van der Waals surface area contributed by atoms with E-state index in [1.165, 1.54) is 7.11 Å². The van der Waals surface area contributed by atoms with Gasteiger partial charge in [0, 0.05) is 25.8 Å². The smallest absolute Gasteiger partial charge is 0.343 e. The van der Waals surface area contributed by atoms with Crippen LogP contribution in [0.4, 0.5) is 5.69 Å². The van der Waals surface area contributed by atoms with Crippen LogP contribution in [0, 0.1) is 0 Å². The van der Waals surface area contributed by atoms with Crippen molar-refractivity contribution in [3.05, 3.63) is 23.8 Å². The molecule has 0 aliphatic rings. The Bertz CT molecular complexity index is 422. The molecule has 0 fully saturated rings. The van der Waals surface area contributed by atoms with Gasteiger partial charge in [0.1, 0.15) is 11.3 Å². The van der Waals surface area contributed by atoms with Crippen molar-refractivity contribution < 1.29 is 23.7 Å². The maximum absolute atomic E-state index is 11.6. The first-order valence-electron chi connectivity index (χ1n) is 6.37. The lowest BCUT2D eigenvalue weighted by Crippen LogP contribution is -2.11. The number of benzene rings is 1. The quantitative estimate of drug-likeness (QED) is 0.420. The van der Waals surface area contributed by atoms with Gasteiger partial charge in [0.2, 0.25) is 0 Å². The Morgan fingerprint density at radius 2 is 1.95 bits per heavy atom. The van der Waals surface area contributed by atoms with Crippen LogP contribution in [0.5, 0.6) is 5.75 Å². The van der Waals surface area contributed by atoms with E-state index in [1.54, 1.807) is 25.3 Å². The molecule has 0 radical (unpaired) electrons. The van der Waals surface area contributed by atoms with Crippen molar-refractivity contribution in [2.75, 3.05) is 46.4 Å². The fourth-order valence-electron chi connectivity index (χ4n) is 1.58. The summed E-state index contributed by atoms with van der Waals surface area (Å²) in [6.45, 7) is 2.13.